The van der Waals surface area contributed by atoms with Crippen LogP contribution in [0, 0.1) is 6.92 Å². The molecular weight excluding hydrogens is 224 g/mol. The van der Waals surface area contributed by atoms with E-state index in [0.717, 1.165) is 22.9 Å². The van der Waals surface area contributed by atoms with Crippen LogP contribution in [0.5, 0.6) is 0 Å². The fourth-order valence-electron chi connectivity index (χ4n) is 1.65. The van der Waals surface area contributed by atoms with Crippen LogP contribution < -0.4 is 16.0 Å². The molecule has 0 radical (unpaired) electrons. The first-order valence-electron chi connectivity index (χ1n) is 5.84. The summed E-state index contributed by atoms with van der Waals surface area (Å²) in [5.74, 6) is 0.803. The van der Waals surface area contributed by atoms with E-state index in [0.29, 0.717) is 5.69 Å². The van der Waals surface area contributed by atoms with E-state index >= 15 is 0 Å². The van der Waals surface area contributed by atoms with E-state index in [4.69, 9.17) is 5.73 Å². The lowest BCUT2D eigenvalue weighted by Gasteiger charge is -2.14. The van der Waals surface area contributed by atoms with Crippen molar-refractivity contribution >= 4 is 22.9 Å². The smallest absolute Gasteiger partial charge is 0.130 e. The second-order valence-corrected chi connectivity index (χ2v) is 4.44. The highest BCUT2D eigenvalue weighted by Gasteiger charge is 2.01. The Kier molecular flexibility index (Phi) is 3.37. The Balaban J connectivity index is 2.23. The van der Waals surface area contributed by atoms with Gasteiger partial charge in [0, 0.05) is 25.5 Å². The van der Waals surface area contributed by atoms with E-state index < -0.39 is 0 Å². The minimum atomic E-state index is 0.711. The summed E-state index contributed by atoms with van der Waals surface area (Å²) in [7, 11) is 4.04. The number of nitrogens with two attached hydrogens (primary N) is 1. The molecule has 2 rings (SSSR count). The van der Waals surface area contributed by atoms with Crippen molar-refractivity contribution in [1.29, 1.82) is 0 Å². The van der Waals surface area contributed by atoms with Gasteiger partial charge in [-0.25, -0.2) is 4.98 Å². The number of anilines is 4. The van der Waals surface area contributed by atoms with Crippen molar-refractivity contribution in [2.45, 2.75) is 6.92 Å². The molecule has 0 spiro atoms. The lowest BCUT2D eigenvalue weighted by atomic mass is 10.2. The third-order valence-corrected chi connectivity index (χ3v) is 2.76. The summed E-state index contributed by atoms with van der Waals surface area (Å²) < 4.78 is 0. The molecule has 0 aliphatic rings. The van der Waals surface area contributed by atoms with Gasteiger partial charge in [0.05, 0.1) is 11.4 Å². The van der Waals surface area contributed by atoms with Gasteiger partial charge in [-0.3, -0.25) is 0 Å². The molecule has 18 heavy (non-hydrogen) atoms. The molecule has 94 valence electrons. The van der Waals surface area contributed by atoms with Gasteiger partial charge in [0.15, 0.2) is 0 Å². The number of nitrogens with zero attached hydrogens (tertiary/aromatic N) is 2. The number of rotatable bonds is 3. The summed E-state index contributed by atoms with van der Waals surface area (Å²) in [6.07, 6.45) is 0. The molecule has 0 amide bonds. The van der Waals surface area contributed by atoms with Gasteiger partial charge >= 0.3 is 0 Å². The molecular formula is C14H18N4. The molecule has 3 N–H and O–H groups in total. The highest BCUT2D eigenvalue weighted by Crippen LogP contribution is 2.21. The number of hydrogen-bond acceptors (Lipinski definition) is 4. The second kappa shape index (κ2) is 4.96. The second-order valence-electron chi connectivity index (χ2n) is 4.44. The van der Waals surface area contributed by atoms with E-state index in [1.54, 1.807) is 0 Å². The van der Waals surface area contributed by atoms with Gasteiger partial charge in [-0.15, -0.1) is 0 Å². The number of nitrogens with one attached hydrogen (secondary N) is 1. The molecule has 0 atom stereocenters. The highest BCUT2D eigenvalue weighted by molar-refractivity contribution is 5.64. The van der Waals surface area contributed by atoms with Gasteiger partial charge in [0.1, 0.15) is 5.82 Å². The fourth-order valence-corrected chi connectivity index (χ4v) is 1.65. The molecule has 0 aliphatic heterocycles. The number of aryl methyl sites for hydroxylation is 1. The van der Waals surface area contributed by atoms with Crippen LogP contribution in [0.2, 0.25) is 0 Å². The predicted molar refractivity (Wildman–Crippen MR) is 77.4 cm³/mol. The van der Waals surface area contributed by atoms with Crippen molar-refractivity contribution in [2.24, 2.45) is 0 Å². The van der Waals surface area contributed by atoms with Crippen LogP contribution in [-0.2, 0) is 0 Å². The number of pyridine rings is 1. The van der Waals surface area contributed by atoms with Crippen molar-refractivity contribution in [3.8, 4) is 0 Å². The van der Waals surface area contributed by atoms with Crippen molar-refractivity contribution in [3.63, 3.8) is 0 Å². The van der Waals surface area contributed by atoms with Crippen molar-refractivity contribution in [2.75, 3.05) is 30.0 Å². The number of nitrogen functional groups attached to an aromatic ring is 1. The largest absolute Gasteiger partial charge is 0.397 e. The topological polar surface area (TPSA) is 54.2 Å². The maximum atomic E-state index is 5.75. The normalized spacial score (nSPS) is 10.2. The Morgan fingerprint density at radius 1 is 1.17 bits per heavy atom. The zero-order chi connectivity index (χ0) is 13.1. The van der Waals surface area contributed by atoms with Gasteiger partial charge in [-0.2, -0.15) is 0 Å². The summed E-state index contributed by atoms with van der Waals surface area (Å²) >= 11 is 0. The molecule has 1 aromatic carbocycles. The maximum Gasteiger partial charge on any atom is 0.130 e. The average Bonchev–Trinajstić information content (AvgIpc) is 2.34. The molecule has 4 heteroatoms. The average molecular weight is 242 g/mol. The quantitative estimate of drug-likeness (QED) is 0.869. The number of hydrogen-bond donors (Lipinski definition) is 2. The maximum absolute atomic E-state index is 5.75. The predicted octanol–water partition coefficient (Wildman–Crippen LogP) is 2.78. The number of benzene rings is 1. The minimum Gasteiger partial charge on any atom is -0.397 e. The summed E-state index contributed by atoms with van der Waals surface area (Å²) in [6.45, 7) is 1.90. The van der Waals surface area contributed by atoms with E-state index in [2.05, 4.69) is 27.3 Å². The van der Waals surface area contributed by atoms with E-state index in [9.17, 15) is 0 Å². The molecule has 0 fully saturated rings. The van der Waals surface area contributed by atoms with Crippen molar-refractivity contribution in [3.05, 3.63) is 42.1 Å². The SMILES string of the molecule is Cc1nc(Nc2cccc(N(C)C)c2)ccc1N. The summed E-state index contributed by atoms with van der Waals surface area (Å²) in [5.41, 5.74) is 9.45. The van der Waals surface area contributed by atoms with Crippen LogP contribution in [0.1, 0.15) is 5.69 Å². The van der Waals surface area contributed by atoms with Gasteiger partial charge in [-0.1, -0.05) is 6.07 Å². The van der Waals surface area contributed by atoms with Gasteiger partial charge in [-0.05, 0) is 37.3 Å². The van der Waals surface area contributed by atoms with E-state index in [1.807, 2.05) is 45.3 Å². The molecule has 0 unspecified atom stereocenters. The van der Waals surface area contributed by atoms with Gasteiger partial charge in [0.2, 0.25) is 0 Å². The Morgan fingerprint density at radius 2 is 1.94 bits per heavy atom. The third-order valence-electron chi connectivity index (χ3n) is 2.76. The van der Waals surface area contributed by atoms with Crippen LogP contribution in [0.3, 0.4) is 0 Å². The molecule has 0 saturated heterocycles. The molecule has 2 aromatic rings. The Labute approximate surface area is 107 Å². The standard InChI is InChI=1S/C14H18N4/c1-10-13(15)7-8-14(16-10)17-11-5-4-6-12(9-11)18(2)3/h4-9H,15H2,1-3H3,(H,16,17). The highest BCUT2D eigenvalue weighted by atomic mass is 15.1. The van der Waals surface area contributed by atoms with Crippen LogP contribution in [0.15, 0.2) is 36.4 Å². The first-order chi connectivity index (χ1) is 8.56. The molecule has 4 nitrogen and oxygen atoms in total. The zero-order valence-corrected chi connectivity index (χ0v) is 10.9. The lowest BCUT2D eigenvalue weighted by molar-refractivity contribution is 1.13. The molecule has 1 heterocycles. The van der Waals surface area contributed by atoms with Crippen molar-refractivity contribution < 1.29 is 0 Å². The summed E-state index contributed by atoms with van der Waals surface area (Å²) in [4.78, 5) is 6.46. The van der Waals surface area contributed by atoms with E-state index in [1.165, 1.54) is 0 Å². The summed E-state index contributed by atoms with van der Waals surface area (Å²) in [5, 5.41) is 3.27. The number of aromatic nitrogens is 1. The van der Waals surface area contributed by atoms with Crippen LogP contribution >= 0.6 is 0 Å². The Hall–Kier alpha value is -2.23. The molecule has 0 aliphatic carbocycles. The van der Waals surface area contributed by atoms with Gasteiger partial charge < -0.3 is 16.0 Å². The van der Waals surface area contributed by atoms with Crippen LogP contribution in [0.25, 0.3) is 0 Å². The third kappa shape index (κ3) is 2.71. The van der Waals surface area contributed by atoms with Gasteiger partial charge in [0.25, 0.3) is 0 Å². The van der Waals surface area contributed by atoms with Crippen molar-refractivity contribution in [1.82, 2.24) is 4.98 Å². The first kappa shape index (κ1) is 12.2. The van der Waals surface area contributed by atoms with Crippen LogP contribution in [0.4, 0.5) is 22.9 Å². The first-order valence-corrected chi connectivity index (χ1v) is 5.84. The molecule has 1 aromatic heterocycles. The fraction of sp³-hybridized carbons (Fsp3) is 0.214. The Bertz CT molecular complexity index is 549. The zero-order valence-electron chi connectivity index (χ0n) is 10.9. The molecule has 0 saturated carbocycles. The van der Waals surface area contributed by atoms with Crippen LogP contribution in [-0.4, -0.2) is 19.1 Å². The lowest BCUT2D eigenvalue weighted by Crippen LogP contribution is -2.08. The Morgan fingerprint density at radius 3 is 2.61 bits per heavy atom. The van der Waals surface area contributed by atoms with E-state index in [-0.39, 0.29) is 0 Å². The molecule has 0 bridgehead atoms. The monoisotopic (exact) mass is 242 g/mol. The minimum absolute atomic E-state index is 0.711. The summed E-state index contributed by atoms with van der Waals surface area (Å²) in [6, 6.07) is 11.9.